The van der Waals surface area contributed by atoms with E-state index in [9.17, 15) is 0 Å². The van der Waals surface area contributed by atoms with E-state index >= 15 is 0 Å². The van der Waals surface area contributed by atoms with Crippen molar-refractivity contribution in [1.29, 1.82) is 0 Å². The van der Waals surface area contributed by atoms with Gasteiger partial charge in [-0.2, -0.15) is 0 Å². The molecule has 13 heavy (non-hydrogen) atoms. The molecule has 1 aliphatic rings. The fourth-order valence-corrected chi connectivity index (χ4v) is 4.77. The molecule has 1 fully saturated rings. The van der Waals surface area contributed by atoms with Crippen molar-refractivity contribution in [3.63, 3.8) is 0 Å². The molecule has 0 aromatic rings. The second-order valence-corrected chi connectivity index (χ2v) is 7.60. The van der Waals surface area contributed by atoms with Crippen molar-refractivity contribution in [2.45, 2.75) is 54.0 Å². The quantitative estimate of drug-likeness (QED) is 0.568. The smallest absolute Gasteiger partial charge is 0.00317 e. The molecule has 0 aromatic carbocycles. The third kappa shape index (κ3) is 1.49. The van der Waals surface area contributed by atoms with Crippen LogP contribution in [0.3, 0.4) is 0 Å². The largest absolute Gasteiger partial charge is 0.0625 e. The molecule has 0 heterocycles. The van der Waals surface area contributed by atoms with Gasteiger partial charge in [0.1, 0.15) is 0 Å². The van der Waals surface area contributed by atoms with Gasteiger partial charge >= 0.3 is 0 Å². The Labute approximate surface area is 86.9 Å². The van der Waals surface area contributed by atoms with Crippen molar-refractivity contribution < 1.29 is 0 Å². The van der Waals surface area contributed by atoms with E-state index in [1.807, 2.05) is 0 Å². The highest BCUT2D eigenvalue weighted by Crippen LogP contribution is 2.72. The van der Waals surface area contributed by atoms with E-state index in [0.29, 0.717) is 16.2 Å². The van der Waals surface area contributed by atoms with Crippen LogP contribution in [0.25, 0.3) is 0 Å². The normalized spacial score (nSPS) is 27.7. The van der Waals surface area contributed by atoms with E-state index in [-0.39, 0.29) is 0 Å². The van der Waals surface area contributed by atoms with Crippen molar-refractivity contribution in [1.82, 2.24) is 0 Å². The van der Waals surface area contributed by atoms with Crippen molar-refractivity contribution in [3.05, 3.63) is 0 Å². The molecule has 0 spiro atoms. The number of hydrogen-bond donors (Lipinski definition) is 0. The van der Waals surface area contributed by atoms with Crippen LogP contribution >= 0.6 is 0 Å². The first-order valence-corrected chi connectivity index (χ1v) is 7.08. The van der Waals surface area contributed by atoms with Gasteiger partial charge in [-0.05, 0) is 28.6 Å². The van der Waals surface area contributed by atoms with Gasteiger partial charge in [0.05, 0.1) is 0 Å². The molecule has 78 valence electrons. The maximum absolute atomic E-state index is 2.43. The first kappa shape index (κ1) is 11.3. The standard InChI is InChI=1S/C12H26Si/c1-10(2,3)12(11(4,5)6)7-9(12)8-13/h9H,7-8H2,1-6,13H3. The minimum atomic E-state index is 0.486. The van der Waals surface area contributed by atoms with E-state index in [1.54, 1.807) is 0 Å². The van der Waals surface area contributed by atoms with Gasteiger partial charge in [0, 0.05) is 10.2 Å². The van der Waals surface area contributed by atoms with Crippen LogP contribution in [0.4, 0.5) is 0 Å². The van der Waals surface area contributed by atoms with E-state index < -0.39 is 0 Å². The molecule has 0 nitrogen and oxygen atoms in total. The lowest BCUT2D eigenvalue weighted by Gasteiger charge is -2.43. The van der Waals surface area contributed by atoms with Crippen LogP contribution in [-0.4, -0.2) is 10.2 Å². The summed E-state index contributed by atoms with van der Waals surface area (Å²) >= 11 is 0. The van der Waals surface area contributed by atoms with E-state index in [4.69, 9.17) is 0 Å². The Balaban J connectivity index is 2.95. The SMILES string of the molecule is CC(C)(C)C1(C(C)(C)C)CC1C[SiH3]. The Morgan fingerprint density at radius 1 is 1.08 bits per heavy atom. The molecule has 1 heteroatoms. The Bertz CT molecular complexity index is 178. The van der Waals surface area contributed by atoms with Crippen LogP contribution in [0.1, 0.15) is 48.0 Å². The predicted molar refractivity (Wildman–Crippen MR) is 64.2 cm³/mol. The molecule has 0 amide bonds. The van der Waals surface area contributed by atoms with Gasteiger partial charge in [-0.15, -0.1) is 0 Å². The zero-order chi connectivity index (χ0) is 10.5. The van der Waals surface area contributed by atoms with Crippen LogP contribution < -0.4 is 0 Å². The number of rotatable bonds is 1. The first-order chi connectivity index (χ1) is 5.67. The summed E-state index contributed by atoms with van der Waals surface area (Å²) in [6.45, 7) is 14.6. The average molecular weight is 198 g/mol. The highest BCUT2D eigenvalue weighted by Gasteiger charge is 2.65. The Hall–Kier alpha value is 0.217. The second kappa shape index (κ2) is 2.85. The summed E-state index contributed by atoms with van der Waals surface area (Å²) in [5.41, 5.74) is 1.60. The van der Waals surface area contributed by atoms with Crippen LogP contribution in [0, 0.1) is 22.2 Å². The maximum atomic E-state index is 2.43. The molecule has 0 radical (unpaired) electrons. The Morgan fingerprint density at radius 3 is 1.54 bits per heavy atom. The minimum absolute atomic E-state index is 0.486. The van der Waals surface area contributed by atoms with Crippen LogP contribution in [0.5, 0.6) is 0 Å². The fourth-order valence-electron chi connectivity index (χ4n) is 3.78. The van der Waals surface area contributed by atoms with Crippen molar-refractivity contribution in [2.24, 2.45) is 22.2 Å². The van der Waals surface area contributed by atoms with Gasteiger partial charge in [-0.3, -0.25) is 0 Å². The summed E-state index contributed by atoms with van der Waals surface area (Å²) in [5.74, 6) is 1.03. The minimum Gasteiger partial charge on any atom is -0.0625 e. The first-order valence-electron chi connectivity index (χ1n) is 5.67. The summed E-state index contributed by atoms with van der Waals surface area (Å²) in [6, 6.07) is 1.49. The molecule has 0 bridgehead atoms. The second-order valence-electron chi connectivity index (χ2n) is 6.78. The molecule has 1 rings (SSSR count). The predicted octanol–water partition coefficient (Wildman–Crippen LogP) is 2.87. The van der Waals surface area contributed by atoms with Crippen LogP contribution in [-0.2, 0) is 0 Å². The molecule has 0 aliphatic heterocycles. The summed E-state index contributed by atoms with van der Waals surface area (Å²) in [4.78, 5) is 0. The van der Waals surface area contributed by atoms with E-state index in [0.717, 1.165) is 5.92 Å². The van der Waals surface area contributed by atoms with Gasteiger partial charge in [0.15, 0.2) is 0 Å². The van der Waals surface area contributed by atoms with E-state index in [2.05, 4.69) is 41.5 Å². The summed E-state index contributed by atoms with van der Waals surface area (Å²) in [6.07, 6.45) is 1.48. The fraction of sp³-hybridized carbons (Fsp3) is 1.00. The maximum Gasteiger partial charge on any atom is 0.00317 e. The van der Waals surface area contributed by atoms with Crippen LogP contribution in [0.15, 0.2) is 0 Å². The van der Waals surface area contributed by atoms with Gasteiger partial charge in [0.25, 0.3) is 0 Å². The molecule has 1 saturated carbocycles. The third-order valence-electron chi connectivity index (χ3n) is 4.27. The van der Waals surface area contributed by atoms with Gasteiger partial charge in [-0.25, -0.2) is 0 Å². The highest BCUT2D eigenvalue weighted by molar-refractivity contribution is 6.08. The van der Waals surface area contributed by atoms with Crippen molar-refractivity contribution in [2.75, 3.05) is 0 Å². The highest BCUT2D eigenvalue weighted by atomic mass is 28.1. The van der Waals surface area contributed by atoms with Crippen LogP contribution in [0.2, 0.25) is 6.04 Å². The Morgan fingerprint density at radius 2 is 1.46 bits per heavy atom. The zero-order valence-corrected chi connectivity index (χ0v) is 12.5. The molecule has 0 aromatic heterocycles. The molecule has 1 unspecified atom stereocenters. The average Bonchev–Trinajstić information content (AvgIpc) is 2.57. The van der Waals surface area contributed by atoms with E-state index in [1.165, 1.54) is 22.7 Å². The Kier molecular flexibility index (Phi) is 2.48. The van der Waals surface area contributed by atoms with Gasteiger partial charge in [0.2, 0.25) is 0 Å². The summed E-state index contributed by atoms with van der Waals surface area (Å²) < 4.78 is 0. The summed E-state index contributed by atoms with van der Waals surface area (Å²) in [5, 5.41) is 0. The molecular formula is C12H26Si. The molecular weight excluding hydrogens is 172 g/mol. The lowest BCUT2D eigenvalue weighted by atomic mass is 9.62. The van der Waals surface area contributed by atoms with Crippen molar-refractivity contribution >= 4 is 10.2 Å². The zero-order valence-electron chi connectivity index (χ0n) is 10.5. The number of hydrogen-bond acceptors (Lipinski definition) is 0. The topological polar surface area (TPSA) is 0 Å². The van der Waals surface area contributed by atoms with Crippen molar-refractivity contribution in [3.8, 4) is 0 Å². The molecule has 0 N–H and O–H groups in total. The molecule has 1 atom stereocenters. The third-order valence-corrected chi connectivity index (χ3v) is 5.26. The van der Waals surface area contributed by atoms with Gasteiger partial charge in [-0.1, -0.05) is 47.6 Å². The van der Waals surface area contributed by atoms with Gasteiger partial charge < -0.3 is 0 Å². The summed E-state index contributed by atoms with van der Waals surface area (Å²) in [7, 11) is 1.37. The molecule has 1 aliphatic carbocycles. The lowest BCUT2D eigenvalue weighted by Crippen LogP contribution is -2.36. The monoisotopic (exact) mass is 198 g/mol. The lowest BCUT2D eigenvalue weighted by molar-refractivity contribution is 0.0596. The molecule has 0 saturated heterocycles.